The molecule has 1 heterocycles. The molecule has 6 rings (SSSR count). The third kappa shape index (κ3) is 15.0. The van der Waals surface area contributed by atoms with Crippen LogP contribution in [0.15, 0.2) is 48.5 Å². The molecule has 73 heavy (non-hydrogen) atoms. The Labute approximate surface area is 431 Å². The first-order valence-electron chi connectivity index (χ1n) is 26.7. The van der Waals surface area contributed by atoms with Gasteiger partial charge >= 0.3 is 0 Å². The van der Waals surface area contributed by atoms with Gasteiger partial charge in [0.1, 0.15) is 12.1 Å². The van der Waals surface area contributed by atoms with E-state index in [1.165, 1.54) is 16.0 Å². The van der Waals surface area contributed by atoms with Gasteiger partial charge in [0.15, 0.2) is 5.78 Å². The normalized spacial score (nSPS) is 24.1. The van der Waals surface area contributed by atoms with Crippen LogP contribution in [0.1, 0.15) is 146 Å². The van der Waals surface area contributed by atoms with Gasteiger partial charge in [-0.1, -0.05) is 69.3 Å². The highest BCUT2D eigenvalue weighted by Crippen LogP contribution is 2.36. The monoisotopic (exact) mass is 1010 g/mol. The molecule has 10 N–H and O–H groups in total. The molecular weight excluding hydrogens is 929 g/mol. The second kappa shape index (κ2) is 26.0. The highest BCUT2D eigenvalue weighted by atomic mass is 16.2. The number of amides is 7. The number of nitrogens with one attached hydrogen (secondary N) is 8. The lowest BCUT2D eigenvalue weighted by Crippen LogP contribution is -2.59. The van der Waals surface area contributed by atoms with Crippen molar-refractivity contribution < 1.29 is 38.4 Å². The Morgan fingerprint density at radius 3 is 1.82 bits per heavy atom. The first kappa shape index (κ1) is 56.6. The van der Waals surface area contributed by atoms with Gasteiger partial charge < -0.3 is 53.2 Å². The molecule has 18 heteroatoms. The summed E-state index contributed by atoms with van der Waals surface area (Å²) in [6.07, 6.45) is 7.03. The van der Waals surface area contributed by atoms with Crippen LogP contribution in [0, 0.1) is 17.3 Å². The molecule has 1 saturated heterocycles. The summed E-state index contributed by atoms with van der Waals surface area (Å²) in [6, 6.07) is 10.9. The molecule has 4 aliphatic rings. The lowest BCUT2D eigenvalue weighted by molar-refractivity contribution is -0.144. The van der Waals surface area contributed by atoms with Crippen LogP contribution in [0.25, 0.3) is 0 Å². The number of likely N-dealkylation sites (N-methyl/N-ethyl adjacent to an activating group) is 2. The highest BCUT2D eigenvalue weighted by Gasteiger charge is 2.47. The fraction of sp³-hybridized carbons (Fsp3) is 0.636. The van der Waals surface area contributed by atoms with Crippen molar-refractivity contribution in [3.63, 3.8) is 0 Å². The third-order valence-electron chi connectivity index (χ3n) is 15.4. The van der Waals surface area contributed by atoms with E-state index in [2.05, 4.69) is 54.7 Å². The van der Waals surface area contributed by atoms with Crippen LogP contribution in [-0.4, -0.2) is 122 Å². The van der Waals surface area contributed by atoms with Crippen LogP contribution in [0.5, 0.6) is 0 Å². The van der Waals surface area contributed by atoms with Crippen molar-refractivity contribution >= 4 is 47.1 Å². The number of Topliss-reactive ketones (excluding diaryl/α,β-unsaturated/α-hetero) is 1. The molecule has 1 unspecified atom stereocenters. The average Bonchev–Trinajstić information content (AvgIpc) is 3.99. The molecule has 400 valence electrons. The number of likely N-dealkylation sites (tertiary alicyclic amines) is 1. The van der Waals surface area contributed by atoms with Crippen LogP contribution < -0.4 is 48.3 Å². The van der Waals surface area contributed by atoms with Crippen LogP contribution >= 0.6 is 0 Å². The topological polar surface area (TPSA) is 262 Å². The first-order chi connectivity index (χ1) is 34.8. The molecule has 18 nitrogen and oxygen atoms in total. The quantitative estimate of drug-likeness (QED) is 0.0775. The van der Waals surface area contributed by atoms with Gasteiger partial charge in [0.2, 0.25) is 41.4 Å². The standard InChI is InChI=1S/C55H82N10O8/c1-32(57-6)50(69)63-44(48(68)40-28-36(56)29-41(40)52(71)61-42-22-12-18-34-16-8-10-20-38(34)42)24-15-27-59-46(66)25-14-26-47(67)60-37-30-45(53(72)62-43-23-13-19-35-17-9-11-21-39(35)43)65(31-37)54(73)49(55(3,4)5)64-51(70)33(2)58-7/h8-11,16-17,20-21,32-33,36-37,40-45,49,57-58H,12-15,18-19,22-31,56H2,1-7H3,(H,59,66)(H,60,67)(H,61,71)(H,62,72)(H,63,69)(H,64,70)/t32-,33-,36+,37-,40?,41+,42+,43+,44-,45-,49+/m0/s1. The van der Waals surface area contributed by atoms with Crippen molar-refractivity contribution in [1.82, 2.24) is 47.4 Å². The van der Waals surface area contributed by atoms with Crippen LogP contribution in [-0.2, 0) is 51.2 Å². The van der Waals surface area contributed by atoms with Gasteiger partial charge in [-0.15, -0.1) is 0 Å². The Kier molecular flexibility index (Phi) is 20.1. The van der Waals surface area contributed by atoms with E-state index in [0.29, 0.717) is 19.3 Å². The van der Waals surface area contributed by atoms with Crippen molar-refractivity contribution in [2.75, 3.05) is 27.2 Å². The summed E-state index contributed by atoms with van der Waals surface area (Å²) in [7, 11) is 3.31. The van der Waals surface area contributed by atoms with Crippen LogP contribution in [0.3, 0.4) is 0 Å². The highest BCUT2D eigenvalue weighted by molar-refractivity contribution is 5.96. The minimum atomic E-state index is -0.955. The molecule has 0 aromatic heterocycles. The number of benzene rings is 2. The molecule has 1 saturated carbocycles. The van der Waals surface area contributed by atoms with Gasteiger partial charge in [-0.25, -0.2) is 0 Å². The van der Waals surface area contributed by atoms with Gasteiger partial charge in [0, 0.05) is 49.9 Å². The van der Waals surface area contributed by atoms with E-state index >= 15 is 0 Å². The number of carbonyl (C=O) groups excluding carboxylic acids is 8. The number of nitrogens with zero attached hydrogens (tertiary/aromatic N) is 1. The number of rotatable bonds is 22. The first-order valence-corrected chi connectivity index (χ1v) is 26.7. The average molecular weight is 1010 g/mol. The van der Waals surface area contributed by atoms with Crippen molar-refractivity contribution in [1.29, 1.82) is 0 Å². The van der Waals surface area contributed by atoms with E-state index in [4.69, 9.17) is 5.73 Å². The van der Waals surface area contributed by atoms with E-state index in [9.17, 15) is 38.4 Å². The fourth-order valence-corrected chi connectivity index (χ4v) is 11.0. The fourth-order valence-electron chi connectivity index (χ4n) is 11.0. The van der Waals surface area contributed by atoms with Gasteiger partial charge in [-0.3, -0.25) is 38.4 Å². The Morgan fingerprint density at radius 2 is 1.23 bits per heavy atom. The summed E-state index contributed by atoms with van der Waals surface area (Å²) >= 11 is 0. The van der Waals surface area contributed by atoms with Gasteiger partial charge in [-0.05, 0) is 133 Å². The van der Waals surface area contributed by atoms with Crippen molar-refractivity contribution in [3.8, 4) is 0 Å². The lowest BCUT2D eigenvalue weighted by Gasteiger charge is -2.36. The van der Waals surface area contributed by atoms with E-state index in [1.807, 2.05) is 57.2 Å². The number of aryl methyl sites for hydroxylation is 2. The molecule has 0 bridgehead atoms. The van der Waals surface area contributed by atoms with Gasteiger partial charge in [0.25, 0.3) is 0 Å². The van der Waals surface area contributed by atoms with E-state index in [-0.39, 0.29) is 105 Å². The molecular formula is C55H82N10O8. The van der Waals surface area contributed by atoms with Gasteiger partial charge in [-0.2, -0.15) is 0 Å². The summed E-state index contributed by atoms with van der Waals surface area (Å²) < 4.78 is 0. The lowest BCUT2D eigenvalue weighted by atomic mass is 9.84. The Balaban J connectivity index is 1.01. The summed E-state index contributed by atoms with van der Waals surface area (Å²) in [4.78, 5) is 111. The molecule has 0 spiro atoms. The molecule has 11 atom stereocenters. The number of hydrogen-bond acceptors (Lipinski definition) is 11. The zero-order valence-corrected chi connectivity index (χ0v) is 44.1. The Morgan fingerprint density at radius 1 is 0.685 bits per heavy atom. The number of ketones is 1. The zero-order valence-electron chi connectivity index (χ0n) is 44.1. The zero-order chi connectivity index (χ0) is 53.0. The van der Waals surface area contributed by atoms with E-state index < -0.39 is 59.4 Å². The summed E-state index contributed by atoms with van der Waals surface area (Å²) in [5.41, 5.74) is 10.2. The molecule has 7 amide bonds. The van der Waals surface area contributed by atoms with E-state index in [1.54, 1.807) is 27.9 Å². The second-order valence-electron chi connectivity index (χ2n) is 21.9. The Hall–Kier alpha value is -5.72. The maximum Gasteiger partial charge on any atom is 0.246 e. The maximum atomic E-state index is 14.5. The molecule has 1 aliphatic heterocycles. The minimum Gasteiger partial charge on any atom is -0.356 e. The van der Waals surface area contributed by atoms with E-state index in [0.717, 1.165) is 49.7 Å². The smallest absolute Gasteiger partial charge is 0.246 e. The summed E-state index contributed by atoms with van der Waals surface area (Å²) in [6.45, 7) is 9.22. The summed E-state index contributed by atoms with van der Waals surface area (Å²) in [5, 5.41) is 23.9. The number of carbonyl (C=O) groups is 8. The van der Waals surface area contributed by atoms with Crippen molar-refractivity contribution in [3.05, 3.63) is 70.8 Å². The third-order valence-corrected chi connectivity index (χ3v) is 15.4. The Bertz CT molecular complexity index is 2300. The number of fused-ring (bicyclic) bond motifs is 2. The van der Waals surface area contributed by atoms with Crippen molar-refractivity contribution in [2.45, 2.75) is 179 Å². The number of nitrogens with two attached hydrogens (primary N) is 1. The van der Waals surface area contributed by atoms with Gasteiger partial charge in [0.05, 0.1) is 30.2 Å². The molecule has 2 aromatic rings. The molecule has 3 aliphatic carbocycles. The largest absolute Gasteiger partial charge is 0.356 e. The predicted octanol–water partition coefficient (Wildman–Crippen LogP) is 2.68. The molecule has 2 fully saturated rings. The molecule has 0 radical (unpaired) electrons. The SMILES string of the molecule is CN[C@@H](C)C(=O)N[C@@H](CCCNC(=O)CCCC(=O)N[C@H]1C[C@@H](C(=O)N[C@@H]2CCCc3ccccc32)N(C(=O)[C@@H](NC(=O)[C@H](C)NC)C(C)(C)C)C1)C(=O)C1C[C@@H](N)C[C@H]1C(=O)N[C@@H]1CCCc2ccccc21. The van der Waals surface area contributed by atoms with Crippen LogP contribution in [0.4, 0.5) is 0 Å². The predicted molar refractivity (Wildman–Crippen MR) is 278 cm³/mol. The van der Waals surface area contributed by atoms with Crippen LogP contribution in [0.2, 0.25) is 0 Å². The minimum absolute atomic E-state index is 0.0218. The van der Waals surface area contributed by atoms with Crippen molar-refractivity contribution in [2.24, 2.45) is 23.0 Å². The molecule has 2 aromatic carbocycles. The summed E-state index contributed by atoms with van der Waals surface area (Å²) in [5.74, 6) is -3.83. The second-order valence-corrected chi connectivity index (χ2v) is 21.9. The maximum absolute atomic E-state index is 14.5. The number of hydrogen-bond donors (Lipinski definition) is 9.